The van der Waals surface area contributed by atoms with Crippen LogP contribution in [-0.4, -0.2) is 23.5 Å². The fourth-order valence-corrected chi connectivity index (χ4v) is 3.30. The molecule has 1 aromatic rings. The largest absolute Gasteiger partial charge is 0.481 e. The van der Waals surface area contributed by atoms with Gasteiger partial charge < -0.3 is 10.4 Å². The third kappa shape index (κ3) is 2.74. The first-order valence-electron chi connectivity index (χ1n) is 8.08. The lowest BCUT2D eigenvalue weighted by molar-refractivity contribution is -0.144. The summed E-state index contributed by atoms with van der Waals surface area (Å²) in [5, 5.41) is 12.7. The van der Waals surface area contributed by atoms with Gasteiger partial charge in [0, 0.05) is 12.0 Å². The summed E-state index contributed by atoms with van der Waals surface area (Å²) in [6.07, 6.45) is 4.15. The minimum Gasteiger partial charge on any atom is -0.481 e. The molecule has 1 fully saturated rings. The lowest BCUT2D eigenvalue weighted by Crippen LogP contribution is -2.51. The van der Waals surface area contributed by atoms with Crippen molar-refractivity contribution in [1.82, 2.24) is 5.32 Å². The van der Waals surface area contributed by atoms with Crippen molar-refractivity contribution in [1.29, 1.82) is 0 Å². The number of carboxylic acids is 1. The van der Waals surface area contributed by atoms with Gasteiger partial charge in [0.25, 0.3) is 0 Å². The van der Waals surface area contributed by atoms with Gasteiger partial charge in [-0.15, -0.1) is 0 Å². The molecule has 1 aromatic carbocycles. The zero-order chi connectivity index (χ0) is 16.2. The molecule has 0 heterocycles. The van der Waals surface area contributed by atoms with Crippen LogP contribution in [0.4, 0.5) is 0 Å². The van der Waals surface area contributed by atoms with Crippen LogP contribution in [-0.2, 0) is 15.0 Å². The molecule has 1 saturated carbocycles. The van der Waals surface area contributed by atoms with E-state index in [4.69, 9.17) is 0 Å². The summed E-state index contributed by atoms with van der Waals surface area (Å²) in [4.78, 5) is 24.4. The molecule has 120 valence electrons. The number of carboxylic acid groups (broad SMARTS) is 1. The smallest absolute Gasteiger partial charge is 0.315 e. The molecule has 2 N–H and O–H groups in total. The highest BCUT2D eigenvalue weighted by molar-refractivity contribution is 5.86. The fourth-order valence-electron chi connectivity index (χ4n) is 3.30. The summed E-state index contributed by atoms with van der Waals surface area (Å²) in [5.41, 5.74) is -0.589. The van der Waals surface area contributed by atoms with Crippen LogP contribution in [0.3, 0.4) is 0 Å². The average Bonchev–Trinajstić information content (AvgIpc) is 2.48. The van der Waals surface area contributed by atoms with Gasteiger partial charge in [-0.2, -0.15) is 0 Å². The van der Waals surface area contributed by atoms with Crippen LogP contribution in [0.1, 0.15) is 51.5 Å². The second-order valence-corrected chi connectivity index (χ2v) is 6.28. The summed E-state index contributed by atoms with van der Waals surface area (Å²) in [6, 6.07) is 9.18. The van der Waals surface area contributed by atoms with Gasteiger partial charge in [-0.05, 0) is 31.2 Å². The first-order valence-corrected chi connectivity index (χ1v) is 8.08. The normalized spacial score (nSPS) is 18.8. The Hall–Kier alpha value is -1.84. The molecule has 1 amide bonds. The first kappa shape index (κ1) is 16.5. The molecule has 2 rings (SSSR count). The van der Waals surface area contributed by atoms with E-state index < -0.39 is 11.4 Å². The molecule has 0 spiro atoms. The van der Waals surface area contributed by atoms with Gasteiger partial charge in [0.2, 0.25) is 5.91 Å². The summed E-state index contributed by atoms with van der Waals surface area (Å²) in [5.74, 6) is -0.878. The van der Waals surface area contributed by atoms with E-state index in [0.717, 1.165) is 31.2 Å². The van der Waals surface area contributed by atoms with E-state index in [1.807, 2.05) is 44.2 Å². The average molecular weight is 303 g/mol. The lowest BCUT2D eigenvalue weighted by atomic mass is 9.66. The lowest BCUT2D eigenvalue weighted by Gasteiger charge is -2.40. The molecule has 1 aliphatic carbocycles. The van der Waals surface area contributed by atoms with Crippen molar-refractivity contribution in [2.75, 3.05) is 6.54 Å². The minimum atomic E-state index is -1.06. The standard InChI is InChI=1S/C18H25NO3/c1-3-17(11-8-12-17)15(20)19-13-18(4-2,16(21)22)14-9-6-5-7-10-14/h5-7,9-10H,3-4,8,11-13H2,1-2H3,(H,19,20)(H,21,22). The molecule has 1 aliphatic rings. The highest BCUT2D eigenvalue weighted by Gasteiger charge is 2.44. The number of benzene rings is 1. The second-order valence-electron chi connectivity index (χ2n) is 6.28. The molecule has 1 atom stereocenters. The van der Waals surface area contributed by atoms with Crippen molar-refractivity contribution < 1.29 is 14.7 Å². The van der Waals surface area contributed by atoms with Crippen LogP contribution in [0.25, 0.3) is 0 Å². The Labute approximate surface area is 131 Å². The van der Waals surface area contributed by atoms with Crippen molar-refractivity contribution in [3.63, 3.8) is 0 Å². The van der Waals surface area contributed by atoms with Gasteiger partial charge in [-0.3, -0.25) is 9.59 Å². The Morgan fingerprint density at radius 2 is 1.86 bits per heavy atom. The van der Waals surface area contributed by atoms with Crippen LogP contribution in [0.5, 0.6) is 0 Å². The number of hydrogen-bond donors (Lipinski definition) is 2. The minimum absolute atomic E-state index is 0.0104. The van der Waals surface area contributed by atoms with Crippen molar-refractivity contribution in [3.05, 3.63) is 35.9 Å². The van der Waals surface area contributed by atoms with Crippen LogP contribution >= 0.6 is 0 Å². The monoisotopic (exact) mass is 303 g/mol. The molecule has 0 bridgehead atoms. The van der Waals surface area contributed by atoms with Gasteiger partial charge in [0.05, 0.1) is 0 Å². The Bertz CT molecular complexity index is 531. The molecular formula is C18H25NO3. The van der Waals surface area contributed by atoms with Gasteiger partial charge in [0.15, 0.2) is 0 Å². The van der Waals surface area contributed by atoms with Crippen molar-refractivity contribution in [3.8, 4) is 0 Å². The fraction of sp³-hybridized carbons (Fsp3) is 0.556. The van der Waals surface area contributed by atoms with E-state index in [1.54, 1.807) is 0 Å². The van der Waals surface area contributed by atoms with Crippen molar-refractivity contribution in [2.24, 2.45) is 5.41 Å². The predicted molar refractivity (Wildman–Crippen MR) is 85.6 cm³/mol. The Morgan fingerprint density at radius 1 is 1.23 bits per heavy atom. The highest BCUT2D eigenvalue weighted by Crippen LogP contribution is 2.44. The summed E-state index contributed by atoms with van der Waals surface area (Å²) < 4.78 is 0. The zero-order valence-corrected chi connectivity index (χ0v) is 13.4. The molecule has 1 unspecified atom stereocenters. The van der Waals surface area contributed by atoms with Crippen molar-refractivity contribution >= 4 is 11.9 Å². The quantitative estimate of drug-likeness (QED) is 0.813. The van der Waals surface area contributed by atoms with Gasteiger partial charge in [0.1, 0.15) is 5.41 Å². The maximum atomic E-state index is 12.5. The van der Waals surface area contributed by atoms with E-state index >= 15 is 0 Å². The number of hydrogen-bond acceptors (Lipinski definition) is 2. The van der Waals surface area contributed by atoms with E-state index in [9.17, 15) is 14.7 Å². The summed E-state index contributed by atoms with van der Waals surface area (Å²) in [7, 11) is 0. The highest BCUT2D eigenvalue weighted by atomic mass is 16.4. The maximum Gasteiger partial charge on any atom is 0.315 e. The number of carbonyl (C=O) groups excluding carboxylic acids is 1. The SMILES string of the molecule is CCC1(C(=O)NCC(CC)(C(=O)O)c2ccccc2)CCC1. The number of aliphatic carboxylic acids is 1. The number of rotatable bonds is 7. The Morgan fingerprint density at radius 3 is 2.27 bits per heavy atom. The third-order valence-corrected chi connectivity index (χ3v) is 5.36. The molecule has 0 aromatic heterocycles. The Balaban J connectivity index is 2.18. The van der Waals surface area contributed by atoms with E-state index in [1.165, 1.54) is 0 Å². The molecule has 0 saturated heterocycles. The van der Waals surface area contributed by atoms with Crippen molar-refractivity contribution in [2.45, 2.75) is 51.4 Å². The zero-order valence-electron chi connectivity index (χ0n) is 13.4. The second kappa shape index (κ2) is 6.51. The predicted octanol–water partition coefficient (Wildman–Crippen LogP) is 3.12. The number of amides is 1. The van der Waals surface area contributed by atoms with Crippen LogP contribution in [0.2, 0.25) is 0 Å². The Kier molecular flexibility index (Phi) is 4.89. The first-order chi connectivity index (χ1) is 10.5. The molecule has 0 aliphatic heterocycles. The molecule has 22 heavy (non-hydrogen) atoms. The van der Waals surface area contributed by atoms with Gasteiger partial charge in [-0.1, -0.05) is 50.6 Å². The van der Waals surface area contributed by atoms with Gasteiger partial charge in [-0.25, -0.2) is 0 Å². The van der Waals surface area contributed by atoms with Crippen LogP contribution in [0.15, 0.2) is 30.3 Å². The number of nitrogens with one attached hydrogen (secondary N) is 1. The summed E-state index contributed by atoms with van der Waals surface area (Å²) in [6.45, 7) is 4.02. The molecular weight excluding hydrogens is 278 g/mol. The molecule has 0 radical (unpaired) electrons. The topological polar surface area (TPSA) is 66.4 Å². The maximum absolute atomic E-state index is 12.5. The summed E-state index contributed by atoms with van der Waals surface area (Å²) >= 11 is 0. The van der Waals surface area contributed by atoms with E-state index in [2.05, 4.69) is 5.32 Å². The van der Waals surface area contributed by atoms with Crippen LogP contribution in [0, 0.1) is 5.41 Å². The third-order valence-electron chi connectivity index (χ3n) is 5.36. The van der Waals surface area contributed by atoms with E-state index in [0.29, 0.717) is 6.42 Å². The van der Waals surface area contributed by atoms with E-state index in [-0.39, 0.29) is 17.9 Å². The molecule has 4 nitrogen and oxygen atoms in total. The van der Waals surface area contributed by atoms with Gasteiger partial charge >= 0.3 is 5.97 Å². The molecule has 4 heteroatoms. The van der Waals surface area contributed by atoms with Crippen LogP contribution < -0.4 is 5.32 Å². The number of carbonyl (C=O) groups is 2.